The Kier molecular flexibility index (Phi) is 5.36. The highest BCUT2D eigenvalue weighted by molar-refractivity contribution is 7.99. The number of hydrogen-bond acceptors (Lipinski definition) is 4. The Balaban J connectivity index is 2.32. The van der Waals surface area contributed by atoms with Crippen molar-refractivity contribution in [3.8, 4) is 0 Å². The number of alkyl halides is 3. The molecule has 2 rings (SSSR count). The van der Waals surface area contributed by atoms with Crippen LogP contribution in [0.25, 0.3) is 0 Å². The summed E-state index contributed by atoms with van der Waals surface area (Å²) < 4.78 is 39.8. The molecular formula is C14H14ClF3N4S. The van der Waals surface area contributed by atoms with E-state index in [4.69, 9.17) is 11.6 Å². The van der Waals surface area contributed by atoms with Gasteiger partial charge in [-0.15, -0.1) is 16.8 Å². The third-order valence-electron chi connectivity index (χ3n) is 3.19. The molecule has 2 aromatic rings. The number of rotatable bonds is 5. The molecule has 0 fully saturated rings. The average Bonchev–Trinajstić information content (AvgIpc) is 2.84. The molecule has 0 radical (unpaired) electrons. The predicted molar refractivity (Wildman–Crippen MR) is 83.7 cm³/mol. The summed E-state index contributed by atoms with van der Waals surface area (Å²) in [4.78, 5) is 3.88. The van der Waals surface area contributed by atoms with Crippen molar-refractivity contribution in [2.45, 2.75) is 24.2 Å². The largest absolute Gasteiger partial charge is 0.417 e. The van der Waals surface area contributed by atoms with Gasteiger partial charge >= 0.3 is 6.18 Å². The van der Waals surface area contributed by atoms with Crippen molar-refractivity contribution in [3.05, 3.63) is 47.0 Å². The minimum atomic E-state index is -4.47. The maximum atomic E-state index is 12.7. The first-order valence-electron chi connectivity index (χ1n) is 6.61. The fraction of sp³-hybridized carbons (Fsp3) is 0.357. The molecule has 124 valence electrons. The molecule has 23 heavy (non-hydrogen) atoms. The molecule has 4 nitrogen and oxygen atoms in total. The van der Waals surface area contributed by atoms with E-state index < -0.39 is 11.7 Å². The summed E-state index contributed by atoms with van der Waals surface area (Å²) in [5.74, 6) is 0.866. The van der Waals surface area contributed by atoms with Crippen LogP contribution in [0.3, 0.4) is 0 Å². The molecule has 2 aromatic heterocycles. The Labute approximate surface area is 140 Å². The molecule has 0 aliphatic heterocycles. The number of nitrogens with zero attached hydrogens (tertiary/aromatic N) is 4. The molecule has 0 spiro atoms. The van der Waals surface area contributed by atoms with Gasteiger partial charge in [-0.05, 0) is 13.0 Å². The minimum Gasteiger partial charge on any atom is -0.309 e. The van der Waals surface area contributed by atoms with Gasteiger partial charge < -0.3 is 4.57 Å². The van der Waals surface area contributed by atoms with Gasteiger partial charge in [0, 0.05) is 19.0 Å². The molecule has 1 unspecified atom stereocenters. The number of thioether (sulfide) groups is 1. The third kappa shape index (κ3) is 3.87. The Morgan fingerprint density at radius 3 is 2.70 bits per heavy atom. The zero-order chi connectivity index (χ0) is 17.2. The number of hydrogen-bond donors (Lipinski definition) is 0. The lowest BCUT2D eigenvalue weighted by molar-refractivity contribution is -0.137. The van der Waals surface area contributed by atoms with E-state index in [9.17, 15) is 13.2 Å². The smallest absolute Gasteiger partial charge is 0.309 e. The van der Waals surface area contributed by atoms with E-state index in [-0.39, 0.29) is 10.9 Å². The van der Waals surface area contributed by atoms with E-state index in [1.165, 1.54) is 11.8 Å². The van der Waals surface area contributed by atoms with E-state index in [1.54, 1.807) is 24.6 Å². The molecule has 0 amide bonds. The normalized spacial score (nSPS) is 13.1. The first-order chi connectivity index (χ1) is 10.8. The molecule has 1 atom stereocenters. The monoisotopic (exact) mass is 362 g/mol. The van der Waals surface area contributed by atoms with E-state index in [1.807, 2.05) is 0 Å². The van der Waals surface area contributed by atoms with Crippen LogP contribution in [0.2, 0.25) is 5.02 Å². The van der Waals surface area contributed by atoms with Crippen LogP contribution in [0.1, 0.15) is 29.9 Å². The quantitative estimate of drug-likeness (QED) is 0.587. The summed E-state index contributed by atoms with van der Waals surface area (Å²) in [7, 11) is 1.79. The number of pyridine rings is 1. The van der Waals surface area contributed by atoms with Gasteiger partial charge in [0.25, 0.3) is 0 Å². The van der Waals surface area contributed by atoms with Gasteiger partial charge in [-0.2, -0.15) is 13.2 Å². The highest BCUT2D eigenvalue weighted by atomic mass is 35.5. The van der Waals surface area contributed by atoms with Crippen LogP contribution in [0.15, 0.2) is 30.1 Å². The van der Waals surface area contributed by atoms with Crippen LogP contribution in [0.5, 0.6) is 0 Å². The van der Waals surface area contributed by atoms with Crippen LogP contribution in [0.4, 0.5) is 13.2 Å². The van der Waals surface area contributed by atoms with Crippen molar-refractivity contribution in [3.63, 3.8) is 0 Å². The lowest BCUT2D eigenvalue weighted by Crippen LogP contribution is -2.10. The summed E-state index contributed by atoms with van der Waals surface area (Å²) in [6.07, 6.45) is -1.95. The molecule has 0 saturated carbocycles. The molecule has 0 saturated heterocycles. The van der Waals surface area contributed by atoms with Crippen molar-refractivity contribution >= 4 is 23.4 Å². The first kappa shape index (κ1) is 17.8. The van der Waals surface area contributed by atoms with E-state index >= 15 is 0 Å². The first-order valence-corrected chi connectivity index (χ1v) is 7.97. The zero-order valence-electron chi connectivity index (χ0n) is 12.4. The zero-order valence-corrected chi connectivity index (χ0v) is 14.0. The summed E-state index contributed by atoms with van der Waals surface area (Å²) >= 11 is 7.44. The highest BCUT2D eigenvalue weighted by Gasteiger charge is 2.32. The Morgan fingerprint density at radius 1 is 1.43 bits per heavy atom. The third-order valence-corrected chi connectivity index (χ3v) is 4.51. The Bertz CT molecular complexity index is 715. The van der Waals surface area contributed by atoms with Crippen LogP contribution < -0.4 is 0 Å². The van der Waals surface area contributed by atoms with Gasteiger partial charge in [-0.25, -0.2) is 0 Å². The lowest BCUT2D eigenvalue weighted by atomic mass is 10.1. The molecule has 0 aromatic carbocycles. The van der Waals surface area contributed by atoms with E-state index in [2.05, 4.69) is 21.8 Å². The minimum absolute atomic E-state index is 0.0457. The van der Waals surface area contributed by atoms with Gasteiger partial charge in [0.1, 0.15) is 5.82 Å². The predicted octanol–water partition coefficient (Wildman–Crippen LogP) is 4.31. The fourth-order valence-corrected chi connectivity index (χ4v) is 2.99. The average molecular weight is 363 g/mol. The number of aromatic nitrogens is 4. The fourth-order valence-electron chi connectivity index (χ4n) is 2.01. The van der Waals surface area contributed by atoms with E-state index in [0.717, 1.165) is 12.3 Å². The molecular weight excluding hydrogens is 349 g/mol. The van der Waals surface area contributed by atoms with Gasteiger partial charge in [0.2, 0.25) is 0 Å². The van der Waals surface area contributed by atoms with Crippen molar-refractivity contribution in [1.29, 1.82) is 0 Å². The van der Waals surface area contributed by atoms with Crippen LogP contribution in [-0.2, 0) is 13.2 Å². The van der Waals surface area contributed by atoms with Crippen LogP contribution in [0, 0.1) is 0 Å². The molecule has 9 heteroatoms. The summed E-state index contributed by atoms with van der Waals surface area (Å²) in [5.41, 5.74) is -0.547. The second-order valence-electron chi connectivity index (χ2n) is 4.81. The topological polar surface area (TPSA) is 43.6 Å². The highest BCUT2D eigenvalue weighted by Crippen LogP contribution is 2.34. The van der Waals surface area contributed by atoms with E-state index in [0.29, 0.717) is 22.4 Å². The maximum Gasteiger partial charge on any atom is 0.417 e. The molecule has 0 bridgehead atoms. The molecule has 2 heterocycles. The molecule has 0 aliphatic carbocycles. The van der Waals surface area contributed by atoms with Crippen molar-refractivity contribution in [2.24, 2.45) is 7.05 Å². The Hall–Kier alpha value is -1.54. The number of halogens is 4. The van der Waals surface area contributed by atoms with Crippen molar-refractivity contribution in [2.75, 3.05) is 5.75 Å². The van der Waals surface area contributed by atoms with Crippen molar-refractivity contribution < 1.29 is 13.2 Å². The summed E-state index contributed by atoms with van der Waals surface area (Å²) in [6, 6.07) is 0.879. The SMILES string of the molecule is C=CCSc1nnc(C(C)c2ncc(C(F)(F)F)cc2Cl)n1C. The Morgan fingerprint density at radius 2 is 2.13 bits per heavy atom. The van der Waals surface area contributed by atoms with Gasteiger partial charge in [0.15, 0.2) is 5.16 Å². The van der Waals surface area contributed by atoms with Crippen molar-refractivity contribution in [1.82, 2.24) is 19.7 Å². The molecule has 0 N–H and O–H groups in total. The maximum absolute atomic E-state index is 12.7. The second-order valence-corrected chi connectivity index (χ2v) is 6.20. The molecule has 0 aliphatic rings. The van der Waals surface area contributed by atoms with Crippen LogP contribution in [-0.4, -0.2) is 25.5 Å². The van der Waals surface area contributed by atoms with Gasteiger partial charge in [0.05, 0.1) is 22.2 Å². The standard InChI is InChI=1S/C14H14ClF3N4S/c1-4-5-23-13-21-20-12(22(13)3)8(2)11-10(15)6-9(7-19-11)14(16,17)18/h4,6-8H,1,5H2,2-3H3. The summed E-state index contributed by atoms with van der Waals surface area (Å²) in [6.45, 7) is 5.41. The lowest BCUT2D eigenvalue weighted by Gasteiger charge is -2.14. The van der Waals surface area contributed by atoms with Crippen LogP contribution >= 0.6 is 23.4 Å². The van der Waals surface area contributed by atoms with Gasteiger partial charge in [-0.3, -0.25) is 4.98 Å². The summed E-state index contributed by atoms with van der Waals surface area (Å²) in [5, 5.41) is 8.80. The van der Waals surface area contributed by atoms with Gasteiger partial charge in [-0.1, -0.05) is 29.4 Å². The second kappa shape index (κ2) is 6.92.